The number of rotatable bonds is 3. The Morgan fingerprint density at radius 1 is 1.59 bits per heavy atom. The maximum Gasteiger partial charge on any atom is 0.323 e. The SMILES string of the molecule is NC1(C(=O)O)CCC(Sc2cccc(Cl)c2)C1. The number of aliphatic carboxylic acids is 1. The monoisotopic (exact) mass is 271 g/mol. The number of nitrogens with two attached hydrogens (primary N) is 1. The molecule has 0 bridgehead atoms. The summed E-state index contributed by atoms with van der Waals surface area (Å²) in [5.74, 6) is -0.897. The van der Waals surface area contributed by atoms with Crippen molar-refractivity contribution in [1.29, 1.82) is 0 Å². The number of benzene rings is 1. The third-order valence-corrected chi connectivity index (χ3v) is 4.53. The van der Waals surface area contributed by atoms with E-state index in [0.717, 1.165) is 11.3 Å². The third-order valence-electron chi connectivity index (χ3n) is 3.03. The Morgan fingerprint density at radius 2 is 2.35 bits per heavy atom. The smallest absolute Gasteiger partial charge is 0.323 e. The highest BCUT2D eigenvalue weighted by molar-refractivity contribution is 8.00. The molecule has 2 atom stereocenters. The van der Waals surface area contributed by atoms with E-state index in [0.29, 0.717) is 17.9 Å². The van der Waals surface area contributed by atoms with Gasteiger partial charge in [0.05, 0.1) is 0 Å². The van der Waals surface area contributed by atoms with Crippen molar-refractivity contribution in [1.82, 2.24) is 0 Å². The van der Waals surface area contributed by atoms with Crippen LogP contribution in [0.1, 0.15) is 19.3 Å². The Balaban J connectivity index is 2.01. The Labute approximate surface area is 109 Å². The largest absolute Gasteiger partial charge is 0.480 e. The Morgan fingerprint density at radius 3 is 2.94 bits per heavy atom. The van der Waals surface area contributed by atoms with Gasteiger partial charge in [-0.15, -0.1) is 11.8 Å². The zero-order valence-electron chi connectivity index (χ0n) is 9.23. The molecule has 1 aliphatic rings. The van der Waals surface area contributed by atoms with Crippen LogP contribution in [0.4, 0.5) is 0 Å². The van der Waals surface area contributed by atoms with Crippen LogP contribution < -0.4 is 5.73 Å². The fourth-order valence-electron chi connectivity index (χ4n) is 2.06. The Hall–Kier alpha value is -0.710. The van der Waals surface area contributed by atoms with Gasteiger partial charge in [-0.3, -0.25) is 4.79 Å². The van der Waals surface area contributed by atoms with Gasteiger partial charge < -0.3 is 10.8 Å². The van der Waals surface area contributed by atoms with Gasteiger partial charge in [0.2, 0.25) is 0 Å². The molecule has 2 unspecified atom stereocenters. The Kier molecular flexibility index (Phi) is 3.66. The van der Waals surface area contributed by atoms with Crippen molar-refractivity contribution in [3.63, 3.8) is 0 Å². The van der Waals surface area contributed by atoms with E-state index in [2.05, 4.69) is 0 Å². The predicted octanol–water partition coefficient (Wildman–Crippen LogP) is 2.77. The minimum Gasteiger partial charge on any atom is -0.480 e. The van der Waals surface area contributed by atoms with Gasteiger partial charge in [0.25, 0.3) is 0 Å². The number of hydrogen-bond acceptors (Lipinski definition) is 3. The van der Waals surface area contributed by atoms with Crippen molar-refractivity contribution in [3.8, 4) is 0 Å². The van der Waals surface area contributed by atoms with Crippen molar-refractivity contribution >= 4 is 29.3 Å². The summed E-state index contributed by atoms with van der Waals surface area (Å²) < 4.78 is 0. The number of thioether (sulfide) groups is 1. The number of halogens is 1. The molecule has 0 aliphatic heterocycles. The zero-order chi connectivity index (χ0) is 12.5. The molecule has 0 heterocycles. The molecule has 3 nitrogen and oxygen atoms in total. The van der Waals surface area contributed by atoms with Crippen LogP contribution >= 0.6 is 23.4 Å². The average molecular weight is 272 g/mol. The molecular formula is C12H14ClNO2S. The molecular weight excluding hydrogens is 258 g/mol. The van der Waals surface area contributed by atoms with E-state index < -0.39 is 11.5 Å². The molecule has 3 N–H and O–H groups in total. The molecule has 92 valence electrons. The molecule has 0 saturated heterocycles. The highest BCUT2D eigenvalue weighted by Gasteiger charge is 2.42. The summed E-state index contributed by atoms with van der Waals surface area (Å²) in [6.07, 6.45) is 1.89. The molecule has 0 radical (unpaired) electrons. The normalized spacial score (nSPS) is 28.2. The van der Waals surface area contributed by atoms with E-state index >= 15 is 0 Å². The summed E-state index contributed by atoms with van der Waals surface area (Å²) in [5.41, 5.74) is 4.79. The second kappa shape index (κ2) is 4.88. The fraction of sp³-hybridized carbons (Fsp3) is 0.417. The van der Waals surface area contributed by atoms with E-state index in [-0.39, 0.29) is 5.25 Å². The van der Waals surface area contributed by atoms with Crippen molar-refractivity contribution in [2.24, 2.45) is 5.73 Å². The van der Waals surface area contributed by atoms with Gasteiger partial charge in [0, 0.05) is 15.2 Å². The van der Waals surface area contributed by atoms with Crippen LogP contribution in [-0.4, -0.2) is 21.9 Å². The van der Waals surface area contributed by atoms with Crippen LogP contribution in [0.15, 0.2) is 29.2 Å². The first-order valence-electron chi connectivity index (χ1n) is 5.44. The molecule has 1 aliphatic carbocycles. The van der Waals surface area contributed by atoms with E-state index in [1.54, 1.807) is 11.8 Å². The second-order valence-corrected chi connectivity index (χ2v) is 6.21. The number of carboxylic acids is 1. The van der Waals surface area contributed by atoms with E-state index in [9.17, 15) is 4.79 Å². The van der Waals surface area contributed by atoms with Crippen molar-refractivity contribution in [2.45, 2.75) is 34.9 Å². The molecule has 5 heteroatoms. The third kappa shape index (κ3) is 2.94. The van der Waals surface area contributed by atoms with Gasteiger partial charge in [0.1, 0.15) is 5.54 Å². The van der Waals surface area contributed by atoms with Gasteiger partial charge in [-0.05, 0) is 37.5 Å². The maximum absolute atomic E-state index is 11.0. The lowest BCUT2D eigenvalue weighted by Gasteiger charge is -2.17. The van der Waals surface area contributed by atoms with Crippen LogP contribution in [0.3, 0.4) is 0 Å². The molecule has 1 aromatic carbocycles. The maximum atomic E-state index is 11.0. The molecule has 1 fully saturated rings. The molecule has 0 spiro atoms. The van der Waals surface area contributed by atoms with Crippen LogP contribution in [0.5, 0.6) is 0 Å². The molecule has 17 heavy (non-hydrogen) atoms. The fourth-order valence-corrected chi connectivity index (χ4v) is 3.67. The average Bonchev–Trinajstić information content (AvgIpc) is 2.61. The summed E-state index contributed by atoms with van der Waals surface area (Å²) in [4.78, 5) is 12.1. The lowest BCUT2D eigenvalue weighted by atomic mass is 10.0. The van der Waals surface area contributed by atoms with Crippen LogP contribution in [0, 0.1) is 0 Å². The van der Waals surface area contributed by atoms with E-state index in [1.807, 2.05) is 24.3 Å². The van der Waals surface area contributed by atoms with Gasteiger partial charge in [-0.1, -0.05) is 17.7 Å². The molecule has 1 saturated carbocycles. The summed E-state index contributed by atoms with van der Waals surface area (Å²) in [5, 5.41) is 10.0. The van der Waals surface area contributed by atoms with E-state index in [1.165, 1.54) is 0 Å². The molecule has 0 amide bonds. The first-order chi connectivity index (χ1) is 7.99. The highest BCUT2D eigenvalue weighted by atomic mass is 35.5. The van der Waals surface area contributed by atoms with Crippen LogP contribution in [0.25, 0.3) is 0 Å². The summed E-state index contributed by atoms with van der Waals surface area (Å²) >= 11 is 7.56. The van der Waals surface area contributed by atoms with Gasteiger partial charge >= 0.3 is 5.97 Å². The van der Waals surface area contributed by atoms with Gasteiger partial charge in [-0.25, -0.2) is 0 Å². The second-order valence-electron chi connectivity index (χ2n) is 4.40. The number of carboxylic acid groups (broad SMARTS) is 1. The van der Waals surface area contributed by atoms with Crippen LogP contribution in [-0.2, 0) is 4.79 Å². The summed E-state index contributed by atoms with van der Waals surface area (Å²) in [6, 6.07) is 7.59. The van der Waals surface area contributed by atoms with E-state index in [4.69, 9.17) is 22.4 Å². The summed E-state index contributed by atoms with van der Waals surface area (Å²) in [7, 11) is 0. The topological polar surface area (TPSA) is 63.3 Å². The minimum atomic E-state index is -1.05. The predicted molar refractivity (Wildman–Crippen MR) is 69.5 cm³/mol. The van der Waals surface area contributed by atoms with Crippen LogP contribution in [0.2, 0.25) is 5.02 Å². The van der Waals surface area contributed by atoms with Crippen molar-refractivity contribution in [2.75, 3.05) is 0 Å². The molecule has 2 rings (SSSR count). The van der Waals surface area contributed by atoms with Gasteiger partial charge in [-0.2, -0.15) is 0 Å². The molecule has 1 aromatic rings. The quantitative estimate of drug-likeness (QED) is 0.887. The zero-order valence-corrected chi connectivity index (χ0v) is 10.8. The number of carbonyl (C=O) groups is 1. The standard InChI is InChI=1S/C12H14ClNO2S/c13-8-2-1-3-9(6-8)17-10-4-5-12(14,7-10)11(15)16/h1-3,6,10H,4-5,7,14H2,(H,15,16). The Bertz CT molecular complexity index is 440. The number of hydrogen-bond donors (Lipinski definition) is 2. The summed E-state index contributed by atoms with van der Waals surface area (Å²) in [6.45, 7) is 0. The lowest BCUT2D eigenvalue weighted by Crippen LogP contribution is -2.45. The lowest BCUT2D eigenvalue weighted by molar-refractivity contribution is -0.143. The molecule has 0 aromatic heterocycles. The first-order valence-corrected chi connectivity index (χ1v) is 6.70. The van der Waals surface area contributed by atoms with Crippen molar-refractivity contribution in [3.05, 3.63) is 29.3 Å². The highest BCUT2D eigenvalue weighted by Crippen LogP contribution is 2.39. The minimum absolute atomic E-state index is 0.259. The van der Waals surface area contributed by atoms with Crippen molar-refractivity contribution < 1.29 is 9.90 Å². The van der Waals surface area contributed by atoms with Gasteiger partial charge in [0.15, 0.2) is 0 Å². The first kappa shape index (κ1) is 12.7.